The number of hydrogen-bond donors (Lipinski definition) is 1. The second-order valence-electron chi connectivity index (χ2n) is 11.7. The van der Waals surface area contributed by atoms with Crippen molar-refractivity contribution in [2.45, 2.75) is 62.0 Å². The third-order valence-corrected chi connectivity index (χ3v) is 10.5. The number of rotatable bonds is 13. The van der Waals surface area contributed by atoms with Crippen LogP contribution >= 0.6 is 11.6 Å². The molecule has 0 aliphatic heterocycles. The predicted molar refractivity (Wildman–Crippen MR) is 185 cm³/mol. The van der Waals surface area contributed by atoms with Crippen LogP contribution in [0.1, 0.15) is 43.2 Å². The Morgan fingerprint density at radius 2 is 1.49 bits per heavy atom. The fraction of sp³-hybridized carbons (Fsp3) is 0.297. The quantitative estimate of drug-likeness (QED) is 0.172. The van der Waals surface area contributed by atoms with Crippen molar-refractivity contribution in [3.63, 3.8) is 0 Å². The number of hydrogen-bond acceptors (Lipinski definition) is 5. The number of carbonyl (C=O) groups excluding carboxylic acids is 2. The monoisotopic (exact) mass is 673 g/mol. The lowest BCUT2D eigenvalue weighted by Crippen LogP contribution is -2.55. The van der Waals surface area contributed by atoms with Gasteiger partial charge in [0.15, 0.2) is 0 Å². The summed E-state index contributed by atoms with van der Waals surface area (Å²) in [6.07, 6.45) is 5.22. The van der Waals surface area contributed by atoms with E-state index >= 15 is 0 Å². The van der Waals surface area contributed by atoms with E-state index in [4.69, 9.17) is 16.3 Å². The summed E-state index contributed by atoms with van der Waals surface area (Å²) >= 11 is 6.34. The van der Waals surface area contributed by atoms with Gasteiger partial charge in [0.25, 0.3) is 10.0 Å². The van der Waals surface area contributed by atoms with Crippen molar-refractivity contribution in [2.75, 3.05) is 18.0 Å². The molecule has 0 radical (unpaired) electrons. The minimum absolute atomic E-state index is 0.0203. The number of nitrogens with zero attached hydrogens (tertiary/aromatic N) is 2. The Morgan fingerprint density at radius 3 is 2.13 bits per heavy atom. The van der Waals surface area contributed by atoms with Crippen LogP contribution in [0.3, 0.4) is 0 Å². The number of amides is 2. The van der Waals surface area contributed by atoms with E-state index in [9.17, 15) is 18.0 Å². The third-order valence-electron chi connectivity index (χ3n) is 8.44. The summed E-state index contributed by atoms with van der Waals surface area (Å²) in [5, 5.41) is 3.71. The minimum atomic E-state index is -4.19. The van der Waals surface area contributed by atoms with Crippen LogP contribution in [0.25, 0.3) is 0 Å². The number of halogens is 1. The molecule has 4 aromatic carbocycles. The highest BCUT2D eigenvalue weighted by molar-refractivity contribution is 7.92. The smallest absolute Gasteiger partial charge is 0.264 e. The van der Waals surface area contributed by atoms with Crippen molar-refractivity contribution in [2.24, 2.45) is 0 Å². The molecule has 1 aliphatic rings. The predicted octanol–water partition coefficient (Wildman–Crippen LogP) is 6.63. The van der Waals surface area contributed by atoms with Gasteiger partial charge >= 0.3 is 0 Å². The largest absolute Gasteiger partial charge is 0.497 e. The molecule has 0 heterocycles. The lowest BCUT2D eigenvalue weighted by molar-refractivity contribution is -0.140. The summed E-state index contributed by atoms with van der Waals surface area (Å²) in [4.78, 5) is 30.4. The topological polar surface area (TPSA) is 96.0 Å². The van der Waals surface area contributed by atoms with Crippen molar-refractivity contribution in [1.29, 1.82) is 0 Å². The number of methoxy groups -OCH3 is 1. The summed E-state index contributed by atoms with van der Waals surface area (Å²) in [7, 11) is -2.66. The maximum Gasteiger partial charge on any atom is 0.264 e. The molecule has 1 fully saturated rings. The molecule has 8 nitrogen and oxygen atoms in total. The maximum atomic E-state index is 14.6. The SMILES string of the molecule is COc1ccc(N(CC(=O)N(Cc2cccc(Cl)c2)C(Cc2ccccc2)C(=O)NC2CCCCC2)S(=O)(=O)c2ccccc2)cc1. The van der Waals surface area contributed by atoms with Crippen LogP contribution in [0.4, 0.5) is 5.69 Å². The first kappa shape index (κ1) is 34.0. The van der Waals surface area contributed by atoms with Crippen LogP contribution in [-0.4, -0.2) is 50.9 Å². The molecule has 0 saturated heterocycles. The number of carbonyl (C=O) groups is 2. The van der Waals surface area contributed by atoms with Crippen LogP contribution in [0.5, 0.6) is 5.75 Å². The van der Waals surface area contributed by atoms with Gasteiger partial charge in [-0.15, -0.1) is 0 Å². The van der Waals surface area contributed by atoms with E-state index in [1.165, 1.54) is 24.1 Å². The Morgan fingerprint density at radius 1 is 0.851 bits per heavy atom. The minimum Gasteiger partial charge on any atom is -0.497 e. The van der Waals surface area contributed by atoms with Gasteiger partial charge in [0.05, 0.1) is 17.7 Å². The van der Waals surface area contributed by atoms with Crippen molar-refractivity contribution in [3.8, 4) is 5.75 Å². The molecule has 1 saturated carbocycles. The number of ether oxygens (including phenoxy) is 1. The van der Waals surface area contributed by atoms with Gasteiger partial charge in [-0.3, -0.25) is 13.9 Å². The summed E-state index contributed by atoms with van der Waals surface area (Å²) in [5.74, 6) is -0.250. The average Bonchev–Trinajstić information content (AvgIpc) is 3.10. The Balaban J connectivity index is 1.56. The van der Waals surface area contributed by atoms with E-state index in [1.54, 1.807) is 60.7 Å². The van der Waals surface area contributed by atoms with Gasteiger partial charge in [-0.1, -0.05) is 91.5 Å². The number of nitrogens with one attached hydrogen (secondary N) is 1. The second-order valence-corrected chi connectivity index (χ2v) is 14.0. The average molecular weight is 674 g/mol. The highest BCUT2D eigenvalue weighted by Gasteiger charge is 2.35. The van der Waals surface area contributed by atoms with Crippen molar-refractivity contribution >= 4 is 39.1 Å². The summed E-state index contributed by atoms with van der Waals surface area (Å²) in [6, 6.07) is 30.3. The Kier molecular flexibility index (Phi) is 11.6. The van der Waals surface area contributed by atoms with E-state index < -0.39 is 28.5 Å². The lowest BCUT2D eigenvalue weighted by Gasteiger charge is -2.35. The van der Waals surface area contributed by atoms with Crippen LogP contribution in [0, 0.1) is 0 Å². The summed E-state index contributed by atoms with van der Waals surface area (Å²) in [5.41, 5.74) is 1.89. The van der Waals surface area contributed by atoms with E-state index in [-0.39, 0.29) is 35.5 Å². The van der Waals surface area contributed by atoms with Crippen LogP contribution in [-0.2, 0) is 32.6 Å². The van der Waals surface area contributed by atoms with Crippen molar-refractivity contribution in [3.05, 3.63) is 125 Å². The first-order valence-electron chi connectivity index (χ1n) is 15.8. The molecule has 1 atom stereocenters. The van der Waals surface area contributed by atoms with Crippen molar-refractivity contribution < 1.29 is 22.7 Å². The third kappa shape index (κ3) is 8.93. The second kappa shape index (κ2) is 16.0. The molecule has 0 bridgehead atoms. The maximum absolute atomic E-state index is 14.6. The molecular formula is C37H40ClN3O5S. The Hall–Kier alpha value is -4.34. The summed E-state index contributed by atoms with van der Waals surface area (Å²) in [6.45, 7) is -0.483. The van der Waals surface area contributed by atoms with Gasteiger partial charge in [0.2, 0.25) is 11.8 Å². The zero-order valence-electron chi connectivity index (χ0n) is 26.4. The molecular weight excluding hydrogens is 634 g/mol. The zero-order valence-corrected chi connectivity index (χ0v) is 28.0. The van der Waals surface area contributed by atoms with E-state index in [0.29, 0.717) is 10.8 Å². The van der Waals surface area contributed by atoms with Gasteiger partial charge in [-0.2, -0.15) is 0 Å². The molecule has 1 N–H and O–H groups in total. The van der Waals surface area contributed by atoms with Gasteiger partial charge < -0.3 is 15.0 Å². The summed E-state index contributed by atoms with van der Waals surface area (Å²) < 4.78 is 34.6. The standard InChI is InChI=1S/C37H40ClN3O5S/c1-46-33-22-20-32(21-23-33)41(47(44,45)34-18-9-4-10-19-34)27-36(42)40(26-29-14-11-15-30(38)24-29)35(25-28-12-5-2-6-13-28)37(43)39-31-16-7-3-8-17-31/h2,4-6,9-15,18-24,31,35H,3,7-8,16-17,25-27H2,1H3,(H,39,43). The Labute approximate surface area is 282 Å². The lowest BCUT2D eigenvalue weighted by atomic mass is 9.94. The normalized spacial score (nSPS) is 14.2. The molecule has 246 valence electrons. The van der Waals surface area contributed by atoms with Crippen LogP contribution in [0.2, 0.25) is 5.02 Å². The Bertz CT molecular complexity index is 1730. The molecule has 5 rings (SSSR count). The van der Waals surface area contributed by atoms with E-state index in [2.05, 4.69) is 5.32 Å². The number of anilines is 1. The molecule has 10 heteroatoms. The first-order chi connectivity index (χ1) is 22.7. The molecule has 2 amide bonds. The molecule has 1 aliphatic carbocycles. The fourth-order valence-electron chi connectivity index (χ4n) is 5.93. The highest BCUT2D eigenvalue weighted by atomic mass is 35.5. The fourth-order valence-corrected chi connectivity index (χ4v) is 7.58. The molecule has 4 aromatic rings. The van der Waals surface area contributed by atoms with Crippen LogP contribution in [0.15, 0.2) is 114 Å². The van der Waals surface area contributed by atoms with Gasteiger partial charge in [-0.05, 0) is 72.5 Å². The van der Waals surface area contributed by atoms with Crippen LogP contribution < -0.4 is 14.4 Å². The van der Waals surface area contributed by atoms with Crippen molar-refractivity contribution in [1.82, 2.24) is 10.2 Å². The first-order valence-corrected chi connectivity index (χ1v) is 17.7. The molecule has 0 spiro atoms. The van der Waals surface area contributed by atoms with E-state index in [0.717, 1.165) is 47.5 Å². The molecule has 0 aromatic heterocycles. The highest BCUT2D eigenvalue weighted by Crippen LogP contribution is 2.27. The molecule has 47 heavy (non-hydrogen) atoms. The van der Waals surface area contributed by atoms with E-state index in [1.807, 2.05) is 36.4 Å². The van der Waals surface area contributed by atoms with Gasteiger partial charge in [0.1, 0.15) is 18.3 Å². The van der Waals surface area contributed by atoms with Gasteiger partial charge in [0, 0.05) is 24.0 Å². The van der Waals surface area contributed by atoms with Gasteiger partial charge in [-0.25, -0.2) is 8.42 Å². The number of sulfonamides is 1. The number of benzene rings is 4. The zero-order chi connectivity index (χ0) is 33.2. The molecule has 1 unspecified atom stereocenters.